The van der Waals surface area contributed by atoms with Gasteiger partial charge in [-0.15, -0.1) is 0 Å². The molecule has 0 spiro atoms. The summed E-state index contributed by atoms with van der Waals surface area (Å²) in [6.45, 7) is 0. The van der Waals surface area contributed by atoms with Crippen LogP contribution in [0.3, 0.4) is 0 Å². The van der Waals surface area contributed by atoms with E-state index in [0.29, 0.717) is 0 Å². The average Bonchev–Trinajstić information content (AvgIpc) is 2.16. The van der Waals surface area contributed by atoms with E-state index in [2.05, 4.69) is 0 Å². The molecule has 6 heteroatoms. The highest BCUT2D eigenvalue weighted by Crippen LogP contribution is 2.22. The lowest BCUT2D eigenvalue weighted by molar-refractivity contribution is -0.134. The van der Waals surface area contributed by atoms with Crippen LogP contribution in [-0.2, 0) is 10.8 Å². The van der Waals surface area contributed by atoms with Gasteiger partial charge in [0.15, 0.2) is 0 Å². The van der Waals surface area contributed by atoms with Crippen molar-refractivity contribution >= 4 is 10.8 Å². The molecule has 0 amide bonds. The largest absolute Gasteiger partial charge is 0.389 e. The molecule has 0 saturated heterocycles. The molecular formula is C10H10F4OS. The van der Waals surface area contributed by atoms with Crippen LogP contribution in [0, 0.1) is 5.82 Å². The molecule has 90 valence electrons. The molecule has 1 aromatic carbocycles. The van der Waals surface area contributed by atoms with Crippen molar-refractivity contribution < 1.29 is 21.8 Å². The summed E-state index contributed by atoms with van der Waals surface area (Å²) < 4.78 is 60.0. The minimum atomic E-state index is -4.25. The lowest BCUT2D eigenvalue weighted by atomic mass is 10.3. The highest BCUT2D eigenvalue weighted by molar-refractivity contribution is 7.85. The molecule has 1 atom stereocenters. The summed E-state index contributed by atoms with van der Waals surface area (Å²) in [5, 5.41) is 0. The van der Waals surface area contributed by atoms with Crippen molar-refractivity contribution in [3.63, 3.8) is 0 Å². The molecule has 0 fully saturated rings. The first-order valence-corrected chi connectivity index (χ1v) is 5.92. The molecule has 0 heterocycles. The Morgan fingerprint density at radius 2 is 1.81 bits per heavy atom. The summed E-state index contributed by atoms with van der Waals surface area (Å²) in [4.78, 5) is -0.0373. The number of halogens is 4. The van der Waals surface area contributed by atoms with Crippen LogP contribution >= 0.6 is 0 Å². The zero-order chi connectivity index (χ0) is 12.2. The zero-order valence-electron chi connectivity index (χ0n) is 8.26. The van der Waals surface area contributed by atoms with E-state index in [1.54, 1.807) is 0 Å². The number of rotatable bonds is 4. The lowest BCUT2D eigenvalue weighted by Gasteiger charge is -2.06. The third-order valence-corrected chi connectivity index (χ3v) is 3.35. The van der Waals surface area contributed by atoms with E-state index in [1.807, 2.05) is 0 Å². The quantitative estimate of drug-likeness (QED) is 0.754. The van der Waals surface area contributed by atoms with Crippen LogP contribution < -0.4 is 0 Å². The topological polar surface area (TPSA) is 17.1 Å². The number of alkyl halides is 3. The fourth-order valence-corrected chi connectivity index (χ4v) is 2.29. The van der Waals surface area contributed by atoms with Gasteiger partial charge in [-0.25, -0.2) is 4.39 Å². The Morgan fingerprint density at radius 3 is 2.38 bits per heavy atom. The maximum atomic E-state index is 13.1. The summed E-state index contributed by atoms with van der Waals surface area (Å²) in [7, 11) is -1.70. The minimum absolute atomic E-state index is 0.0373. The Kier molecular flexibility index (Phi) is 4.46. The molecule has 0 aliphatic carbocycles. The predicted molar refractivity (Wildman–Crippen MR) is 53.0 cm³/mol. The van der Waals surface area contributed by atoms with Crippen molar-refractivity contribution in [3.05, 3.63) is 30.1 Å². The second-order valence-electron chi connectivity index (χ2n) is 3.20. The van der Waals surface area contributed by atoms with Gasteiger partial charge in [0.2, 0.25) is 0 Å². The van der Waals surface area contributed by atoms with Gasteiger partial charge < -0.3 is 0 Å². The van der Waals surface area contributed by atoms with Gasteiger partial charge in [-0.1, -0.05) is 12.1 Å². The fourth-order valence-electron chi connectivity index (χ4n) is 1.14. The third-order valence-electron chi connectivity index (χ3n) is 1.87. The van der Waals surface area contributed by atoms with Crippen LogP contribution in [0.2, 0.25) is 0 Å². The molecule has 0 aliphatic rings. The first-order chi connectivity index (χ1) is 7.40. The smallest absolute Gasteiger partial charge is 0.254 e. The minimum Gasteiger partial charge on any atom is -0.254 e. The Labute approximate surface area is 92.9 Å². The summed E-state index contributed by atoms with van der Waals surface area (Å²) in [5.74, 6) is -0.826. The molecule has 0 saturated carbocycles. The summed E-state index contributed by atoms with van der Waals surface area (Å²) in [5.41, 5.74) is 0. The molecule has 0 N–H and O–H groups in total. The number of hydrogen-bond donors (Lipinski definition) is 0. The van der Waals surface area contributed by atoms with Crippen molar-refractivity contribution in [2.75, 3.05) is 5.75 Å². The fraction of sp³-hybridized carbons (Fsp3) is 0.400. The van der Waals surface area contributed by atoms with E-state index in [1.165, 1.54) is 18.2 Å². The second-order valence-corrected chi connectivity index (χ2v) is 4.74. The van der Waals surface area contributed by atoms with E-state index in [0.717, 1.165) is 6.07 Å². The molecule has 0 bridgehead atoms. The molecular weight excluding hydrogens is 244 g/mol. The Bertz CT molecular complexity index is 375. The average molecular weight is 254 g/mol. The van der Waals surface area contributed by atoms with Gasteiger partial charge >= 0.3 is 6.18 Å². The van der Waals surface area contributed by atoms with Crippen LogP contribution in [0.1, 0.15) is 12.8 Å². The van der Waals surface area contributed by atoms with Gasteiger partial charge in [-0.2, -0.15) is 13.2 Å². The van der Waals surface area contributed by atoms with E-state index in [4.69, 9.17) is 0 Å². The third kappa shape index (κ3) is 4.30. The standard InChI is InChI=1S/C10H10F4OS/c11-8-4-1-2-5-9(8)16(15)7-3-6-10(12,13)14/h1-2,4-5H,3,6-7H2. The van der Waals surface area contributed by atoms with E-state index in [9.17, 15) is 21.8 Å². The van der Waals surface area contributed by atoms with E-state index < -0.39 is 29.2 Å². The highest BCUT2D eigenvalue weighted by Gasteiger charge is 2.26. The van der Waals surface area contributed by atoms with Crippen LogP contribution in [0.25, 0.3) is 0 Å². The molecule has 1 nitrogen and oxygen atoms in total. The molecule has 0 aliphatic heterocycles. The van der Waals surface area contributed by atoms with Crippen LogP contribution in [0.5, 0.6) is 0 Å². The molecule has 1 aromatic rings. The highest BCUT2D eigenvalue weighted by atomic mass is 32.2. The van der Waals surface area contributed by atoms with E-state index in [-0.39, 0.29) is 17.1 Å². The maximum absolute atomic E-state index is 13.1. The van der Waals surface area contributed by atoms with Gasteiger partial charge in [0.05, 0.1) is 15.7 Å². The lowest BCUT2D eigenvalue weighted by Crippen LogP contribution is -2.10. The maximum Gasteiger partial charge on any atom is 0.389 e. The molecule has 0 radical (unpaired) electrons. The first kappa shape index (κ1) is 13.2. The monoisotopic (exact) mass is 254 g/mol. The van der Waals surface area contributed by atoms with Crippen molar-refractivity contribution in [2.45, 2.75) is 23.9 Å². The summed E-state index contributed by atoms with van der Waals surface area (Å²) >= 11 is 0. The van der Waals surface area contributed by atoms with Gasteiger partial charge in [-0.05, 0) is 18.6 Å². The van der Waals surface area contributed by atoms with Crippen LogP contribution in [-0.4, -0.2) is 16.1 Å². The van der Waals surface area contributed by atoms with Crippen molar-refractivity contribution in [1.29, 1.82) is 0 Å². The van der Waals surface area contributed by atoms with E-state index >= 15 is 0 Å². The van der Waals surface area contributed by atoms with Crippen molar-refractivity contribution in [1.82, 2.24) is 0 Å². The predicted octanol–water partition coefficient (Wildman–Crippen LogP) is 3.28. The van der Waals surface area contributed by atoms with Gasteiger partial charge in [-0.3, -0.25) is 4.21 Å². The first-order valence-electron chi connectivity index (χ1n) is 4.60. The number of benzene rings is 1. The van der Waals surface area contributed by atoms with Crippen LogP contribution in [0.4, 0.5) is 17.6 Å². The Balaban J connectivity index is 2.51. The Hall–Kier alpha value is -0.910. The Morgan fingerprint density at radius 1 is 1.19 bits per heavy atom. The van der Waals surface area contributed by atoms with Gasteiger partial charge in [0.1, 0.15) is 5.82 Å². The molecule has 1 rings (SSSR count). The summed E-state index contributed by atoms with van der Waals surface area (Å²) in [6.07, 6.45) is -5.50. The zero-order valence-corrected chi connectivity index (χ0v) is 9.08. The van der Waals surface area contributed by atoms with Crippen molar-refractivity contribution in [2.24, 2.45) is 0 Å². The normalized spacial score (nSPS) is 13.8. The summed E-state index contributed by atoms with van der Waals surface area (Å²) in [6, 6.07) is 5.39. The SMILES string of the molecule is O=S(CCCC(F)(F)F)c1ccccc1F. The van der Waals surface area contributed by atoms with Crippen molar-refractivity contribution in [3.8, 4) is 0 Å². The van der Waals surface area contributed by atoms with Crippen LogP contribution in [0.15, 0.2) is 29.2 Å². The second kappa shape index (κ2) is 5.43. The molecule has 1 unspecified atom stereocenters. The number of hydrogen-bond acceptors (Lipinski definition) is 1. The molecule has 0 aromatic heterocycles. The molecule has 16 heavy (non-hydrogen) atoms. The van der Waals surface area contributed by atoms with Gasteiger partial charge in [0.25, 0.3) is 0 Å². The van der Waals surface area contributed by atoms with Gasteiger partial charge in [0, 0.05) is 12.2 Å².